The summed E-state index contributed by atoms with van der Waals surface area (Å²) in [7, 11) is 1.57. The predicted molar refractivity (Wildman–Crippen MR) is 144 cm³/mol. The number of piperidine rings is 1. The SMILES string of the molecule is COc1cc(/C(C=N)=C/NC2CCCCO2)cnc1-c1ccc(N[C@H]2CC(C)(C)NC(C)(C)[C@H]2F)nn1. The van der Waals surface area contributed by atoms with Gasteiger partial charge < -0.3 is 30.8 Å². The van der Waals surface area contributed by atoms with Crippen LogP contribution in [-0.2, 0) is 4.74 Å². The second-order valence-corrected chi connectivity index (χ2v) is 10.9. The van der Waals surface area contributed by atoms with Crippen molar-refractivity contribution in [3.63, 3.8) is 0 Å². The Labute approximate surface area is 218 Å². The molecule has 0 amide bonds. The second-order valence-electron chi connectivity index (χ2n) is 10.9. The summed E-state index contributed by atoms with van der Waals surface area (Å²) < 4.78 is 26.4. The molecule has 9 nitrogen and oxygen atoms in total. The standard InChI is InChI=1S/C27H38FN7O2/c1-26(2)13-20(25(28)27(3,4)35-26)32-22-10-9-19(33-34-22)24-21(36-5)12-17(15-31-24)18(14-29)16-30-23-8-6-7-11-37-23/h9-10,12,14-16,20,23,25,29-30,35H,6-8,11,13H2,1-5H3,(H,32,34)/b18-16+,29-14?/t20-,23?,25-/m0/s1. The Morgan fingerprint density at radius 1 is 1.24 bits per heavy atom. The molecule has 0 aromatic carbocycles. The molecule has 4 N–H and O–H groups in total. The summed E-state index contributed by atoms with van der Waals surface area (Å²) in [6.45, 7) is 8.65. The molecule has 1 unspecified atom stereocenters. The van der Waals surface area contributed by atoms with Crippen LogP contribution < -0.4 is 20.7 Å². The number of rotatable bonds is 8. The number of allylic oxidation sites excluding steroid dienone is 1. The lowest BCUT2D eigenvalue weighted by atomic mass is 9.78. The maximum Gasteiger partial charge on any atom is 0.149 e. The summed E-state index contributed by atoms with van der Waals surface area (Å²) in [5.74, 6) is 1.02. The number of alkyl halides is 1. The Kier molecular flexibility index (Phi) is 8.08. The van der Waals surface area contributed by atoms with Crippen LogP contribution in [0.2, 0.25) is 0 Å². The third kappa shape index (κ3) is 6.42. The number of hydrogen-bond acceptors (Lipinski definition) is 9. The minimum absolute atomic E-state index is 0.0464. The number of aromatic nitrogens is 3. The lowest BCUT2D eigenvalue weighted by Gasteiger charge is -2.48. The minimum atomic E-state index is -1.09. The fourth-order valence-corrected chi connectivity index (χ4v) is 5.21. The normalized spacial score (nSPS) is 25.2. The molecular weight excluding hydrogens is 473 g/mol. The highest BCUT2D eigenvalue weighted by atomic mass is 19.1. The Bertz CT molecular complexity index is 1110. The van der Waals surface area contributed by atoms with Crippen molar-refractivity contribution < 1.29 is 13.9 Å². The quantitative estimate of drug-likeness (QED) is 0.387. The van der Waals surface area contributed by atoms with Crippen LogP contribution in [0.25, 0.3) is 17.0 Å². The summed E-state index contributed by atoms with van der Waals surface area (Å²) in [5.41, 5.74) is 1.59. The van der Waals surface area contributed by atoms with E-state index in [1.807, 2.05) is 19.9 Å². The van der Waals surface area contributed by atoms with Crippen molar-refractivity contribution in [2.24, 2.45) is 0 Å². The molecule has 200 valence electrons. The second kappa shape index (κ2) is 11.1. The van der Waals surface area contributed by atoms with Crippen LogP contribution in [0.15, 0.2) is 30.6 Å². The van der Waals surface area contributed by atoms with E-state index in [-0.39, 0.29) is 11.8 Å². The Morgan fingerprint density at radius 3 is 2.70 bits per heavy atom. The van der Waals surface area contributed by atoms with E-state index in [4.69, 9.17) is 14.9 Å². The maximum absolute atomic E-state index is 15.2. The van der Waals surface area contributed by atoms with Gasteiger partial charge in [0.05, 0.1) is 13.2 Å². The molecule has 0 aliphatic carbocycles. The van der Waals surface area contributed by atoms with Crippen molar-refractivity contribution in [2.45, 2.75) is 82.9 Å². The highest BCUT2D eigenvalue weighted by Crippen LogP contribution is 2.33. The van der Waals surface area contributed by atoms with Crippen molar-refractivity contribution in [1.82, 2.24) is 25.8 Å². The molecule has 2 aromatic rings. The van der Waals surface area contributed by atoms with Gasteiger partial charge in [0.15, 0.2) is 0 Å². The smallest absolute Gasteiger partial charge is 0.149 e. The fourth-order valence-electron chi connectivity index (χ4n) is 5.21. The first-order valence-electron chi connectivity index (χ1n) is 12.8. The van der Waals surface area contributed by atoms with Crippen molar-refractivity contribution in [3.05, 3.63) is 36.2 Å². The number of anilines is 1. The number of hydrogen-bond donors (Lipinski definition) is 4. The van der Waals surface area contributed by atoms with E-state index in [1.165, 1.54) is 6.21 Å². The number of methoxy groups -OCH3 is 1. The van der Waals surface area contributed by atoms with Gasteiger partial charge in [0.1, 0.15) is 35.4 Å². The molecule has 0 spiro atoms. The zero-order valence-corrected chi connectivity index (χ0v) is 22.3. The molecule has 3 atom stereocenters. The first-order chi connectivity index (χ1) is 17.6. The summed E-state index contributed by atoms with van der Waals surface area (Å²) >= 11 is 0. The molecule has 10 heteroatoms. The molecule has 2 aliphatic rings. The average molecular weight is 512 g/mol. The summed E-state index contributed by atoms with van der Waals surface area (Å²) in [6.07, 6.45) is 7.34. The van der Waals surface area contributed by atoms with Crippen LogP contribution in [0.3, 0.4) is 0 Å². The maximum atomic E-state index is 15.2. The predicted octanol–water partition coefficient (Wildman–Crippen LogP) is 4.32. The largest absolute Gasteiger partial charge is 0.494 e. The van der Waals surface area contributed by atoms with Crippen LogP contribution in [0.1, 0.15) is 58.9 Å². The number of pyridine rings is 1. The lowest BCUT2D eigenvalue weighted by Crippen LogP contribution is -2.67. The van der Waals surface area contributed by atoms with Gasteiger partial charge in [0.2, 0.25) is 0 Å². The summed E-state index contributed by atoms with van der Waals surface area (Å²) in [4.78, 5) is 4.56. The molecule has 37 heavy (non-hydrogen) atoms. The highest BCUT2D eigenvalue weighted by molar-refractivity contribution is 6.08. The topological polar surface area (TPSA) is 117 Å². The van der Waals surface area contributed by atoms with Gasteiger partial charge >= 0.3 is 0 Å². The van der Waals surface area contributed by atoms with Crippen LogP contribution in [-0.4, -0.2) is 64.6 Å². The third-order valence-electron chi connectivity index (χ3n) is 6.84. The first kappa shape index (κ1) is 26.9. The molecule has 4 heterocycles. The van der Waals surface area contributed by atoms with Crippen molar-refractivity contribution in [3.8, 4) is 17.1 Å². The van der Waals surface area contributed by atoms with Crippen molar-refractivity contribution in [1.29, 1.82) is 5.41 Å². The van der Waals surface area contributed by atoms with E-state index in [1.54, 1.807) is 31.6 Å². The van der Waals surface area contributed by atoms with E-state index in [9.17, 15) is 0 Å². The molecule has 0 bridgehead atoms. The van der Waals surface area contributed by atoms with Gasteiger partial charge in [-0.3, -0.25) is 0 Å². The van der Waals surface area contributed by atoms with Crippen LogP contribution in [0.4, 0.5) is 10.2 Å². The van der Waals surface area contributed by atoms with E-state index in [0.29, 0.717) is 34.9 Å². The van der Waals surface area contributed by atoms with Crippen LogP contribution in [0, 0.1) is 5.41 Å². The zero-order valence-electron chi connectivity index (χ0n) is 22.3. The van der Waals surface area contributed by atoms with E-state index in [0.717, 1.165) is 31.4 Å². The molecule has 0 radical (unpaired) electrons. The van der Waals surface area contributed by atoms with Crippen molar-refractivity contribution in [2.75, 3.05) is 19.0 Å². The van der Waals surface area contributed by atoms with Gasteiger partial charge in [-0.25, -0.2) is 9.37 Å². The van der Waals surface area contributed by atoms with E-state index < -0.39 is 17.8 Å². The summed E-state index contributed by atoms with van der Waals surface area (Å²) in [6, 6.07) is 5.00. The van der Waals surface area contributed by atoms with E-state index >= 15 is 4.39 Å². The van der Waals surface area contributed by atoms with E-state index in [2.05, 4.69) is 45.0 Å². The lowest BCUT2D eigenvalue weighted by molar-refractivity contribution is 0.00348. The Hall–Kier alpha value is -3.11. The summed E-state index contributed by atoms with van der Waals surface area (Å²) in [5, 5.41) is 26.3. The number of ether oxygens (including phenoxy) is 2. The number of nitrogens with zero attached hydrogens (tertiary/aromatic N) is 3. The zero-order chi connectivity index (χ0) is 26.6. The Morgan fingerprint density at radius 2 is 2.05 bits per heavy atom. The minimum Gasteiger partial charge on any atom is -0.494 e. The molecule has 0 saturated carbocycles. The number of halogens is 1. The van der Waals surface area contributed by atoms with Gasteiger partial charge in [-0.1, -0.05) is 0 Å². The van der Waals surface area contributed by atoms with Gasteiger partial charge in [0.25, 0.3) is 0 Å². The Balaban J connectivity index is 1.49. The van der Waals surface area contributed by atoms with Crippen LogP contribution in [0.5, 0.6) is 5.75 Å². The molecule has 4 rings (SSSR count). The molecule has 2 fully saturated rings. The van der Waals surface area contributed by atoms with Gasteiger partial charge in [-0.05, 0) is 71.6 Å². The first-order valence-corrected chi connectivity index (χ1v) is 12.8. The molecule has 2 saturated heterocycles. The molecule has 2 aliphatic heterocycles. The fraction of sp³-hybridized carbons (Fsp3) is 0.556. The third-order valence-corrected chi connectivity index (χ3v) is 6.84. The monoisotopic (exact) mass is 511 g/mol. The average Bonchev–Trinajstić information content (AvgIpc) is 2.87. The molecular formula is C27H38FN7O2. The van der Waals surface area contributed by atoms with Crippen LogP contribution >= 0.6 is 0 Å². The van der Waals surface area contributed by atoms with Gasteiger partial charge in [0, 0.05) is 47.4 Å². The van der Waals surface area contributed by atoms with Crippen molar-refractivity contribution >= 4 is 17.6 Å². The van der Waals surface area contributed by atoms with Gasteiger partial charge in [-0.15, -0.1) is 10.2 Å². The van der Waals surface area contributed by atoms with Gasteiger partial charge in [-0.2, -0.15) is 0 Å². The number of nitrogens with one attached hydrogen (secondary N) is 4. The molecule has 2 aromatic heterocycles. The highest BCUT2D eigenvalue weighted by Gasteiger charge is 2.46.